The lowest BCUT2D eigenvalue weighted by Crippen LogP contribution is -2.50. The van der Waals surface area contributed by atoms with Gasteiger partial charge in [0.25, 0.3) is 0 Å². The molecular formula is C21H31ClFNO3. The van der Waals surface area contributed by atoms with Gasteiger partial charge in [-0.25, -0.2) is 4.39 Å². The maximum Gasteiger partial charge on any atom is 0.119 e. The molecule has 27 heavy (non-hydrogen) atoms. The van der Waals surface area contributed by atoms with Crippen LogP contribution in [0.3, 0.4) is 0 Å². The second kappa shape index (κ2) is 9.87. The van der Waals surface area contributed by atoms with E-state index in [1.807, 2.05) is 12.1 Å². The van der Waals surface area contributed by atoms with Crippen molar-refractivity contribution < 1.29 is 18.6 Å². The van der Waals surface area contributed by atoms with E-state index in [-0.39, 0.29) is 36.6 Å². The van der Waals surface area contributed by atoms with E-state index in [1.54, 1.807) is 7.11 Å². The Morgan fingerprint density at radius 1 is 1.07 bits per heavy atom. The molecule has 0 unspecified atom stereocenters. The van der Waals surface area contributed by atoms with Crippen LogP contribution >= 0.6 is 12.4 Å². The minimum Gasteiger partial charge on any atom is -0.489 e. The highest BCUT2D eigenvalue weighted by molar-refractivity contribution is 5.85. The Morgan fingerprint density at radius 3 is 2.22 bits per heavy atom. The van der Waals surface area contributed by atoms with Gasteiger partial charge in [-0.1, -0.05) is 12.1 Å². The van der Waals surface area contributed by atoms with Crippen LogP contribution in [0.15, 0.2) is 36.2 Å². The van der Waals surface area contributed by atoms with Crippen molar-refractivity contribution in [3.05, 3.63) is 41.7 Å². The Balaban J connectivity index is 0.00000261. The molecule has 0 aliphatic heterocycles. The fraction of sp³-hybridized carbons (Fsp3) is 0.619. The Bertz CT molecular complexity index is 596. The summed E-state index contributed by atoms with van der Waals surface area (Å²) in [5.41, 5.74) is 7.63. The van der Waals surface area contributed by atoms with E-state index in [9.17, 15) is 4.39 Å². The van der Waals surface area contributed by atoms with Crippen molar-refractivity contribution in [2.45, 2.75) is 49.5 Å². The molecule has 0 atom stereocenters. The predicted octanol–water partition coefficient (Wildman–Crippen LogP) is 4.31. The molecular weight excluding hydrogens is 369 g/mol. The molecule has 3 aliphatic carbocycles. The number of hydrogen-bond donors (Lipinski definition) is 1. The standard InChI is InChI=1S/C21H30FNO3.ClH/c1-24-12-13-26-21-9-6-20(7-10-21,8-11-21)18-2-4-19(5-3-18)25-16-17(14-22)15-23;/h2-5,14H,6-13,15-16,23H2,1H3;1H/b17-14+;. The fourth-order valence-corrected chi connectivity index (χ4v) is 4.36. The zero-order chi connectivity index (χ0) is 18.5. The van der Waals surface area contributed by atoms with E-state index < -0.39 is 0 Å². The largest absolute Gasteiger partial charge is 0.489 e. The number of halogens is 2. The van der Waals surface area contributed by atoms with E-state index in [0.717, 1.165) is 25.0 Å². The third-order valence-electron chi connectivity index (χ3n) is 6.18. The summed E-state index contributed by atoms with van der Waals surface area (Å²) in [6, 6.07) is 8.31. The molecule has 3 aliphatic rings. The first kappa shape index (κ1) is 22.2. The van der Waals surface area contributed by atoms with Crippen molar-refractivity contribution in [1.82, 2.24) is 0 Å². The molecule has 0 spiro atoms. The minimum absolute atomic E-state index is 0. The quantitative estimate of drug-likeness (QED) is 0.629. The van der Waals surface area contributed by atoms with Crippen LogP contribution in [0.4, 0.5) is 4.39 Å². The molecule has 0 radical (unpaired) electrons. The van der Waals surface area contributed by atoms with Gasteiger partial charge in [0.05, 0.1) is 25.1 Å². The van der Waals surface area contributed by atoms with Crippen LogP contribution < -0.4 is 10.5 Å². The zero-order valence-electron chi connectivity index (χ0n) is 16.0. The monoisotopic (exact) mass is 399 g/mol. The van der Waals surface area contributed by atoms with Crippen LogP contribution in [0, 0.1) is 0 Å². The van der Waals surface area contributed by atoms with Gasteiger partial charge < -0.3 is 19.9 Å². The van der Waals surface area contributed by atoms with E-state index in [4.69, 9.17) is 19.9 Å². The van der Waals surface area contributed by atoms with Crippen molar-refractivity contribution in [2.24, 2.45) is 5.73 Å². The molecule has 0 heterocycles. The number of ether oxygens (including phenoxy) is 3. The van der Waals surface area contributed by atoms with Crippen molar-refractivity contribution >= 4 is 12.4 Å². The average Bonchev–Trinajstić information content (AvgIpc) is 2.71. The Kier molecular flexibility index (Phi) is 8.10. The fourth-order valence-electron chi connectivity index (χ4n) is 4.36. The lowest BCUT2D eigenvalue weighted by molar-refractivity contribution is -0.127. The molecule has 6 heteroatoms. The van der Waals surface area contributed by atoms with E-state index >= 15 is 0 Å². The van der Waals surface area contributed by atoms with Gasteiger partial charge in [-0.2, -0.15) is 0 Å². The Hall–Kier alpha value is -1.14. The van der Waals surface area contributed by atoms with Gasteiger partial charge in [0.2, 0.25) is 0 Å². The third-order valence-corrected chi connectivity index (χ3v) is 6.18. The molecule has 0 saturated heterocycles. The number of rotatable bonds is 9. The smallest absolute Gasteiger partial charge is 0.119 e. The number of nitrogens with two attached hydrogens (primary N) is 1. The van der Waals surface area contributed by atoms with Crippen molar-refractivity contribution in [3.8, 4) is 5.75 Å². The molecule has 3 saturated carbocycles. The van der Waals surface area contributed by atoms with E-state index in [0.29, 0.717) is 25.1 Å². The van der Waals surface area contributed by atoms with Gasteiger partial charge in [-0.3, -0.25) is 0 Å². The van der Waals surface area contributed by atoms with Crippen LogP contribution in [0.1, 0.15) is 44.1 Å². The predicted molar refractivity (Wildman–Crippen MR) is 107 cm³/mol. The Morgan fingerprint density at radius 2 is 1.70 bits per heavy atom. The van der Waals surface area contributed by atoms with Gasteiger partial charge in [0, 0.05) is 19.2 Å². The van der Waals surface area contributed by atoms with Gasteiger partial charge in [0.1, 0.15) is 12.4 Å². The average molecular weight is 400 g/mol. The molecule has 3 fully saturated rings. The number of benzene rings is 1. The van der Waals surface area contributed by atoms with Gasteiger partial charge >= 0.3 is 0 Å². The van der Waals surface area contributed by atoms with Crippen molar-refractivity contribution in [3.63, 3.8) is 0 Å². The highest BCUT2D eigenvalue weighted by Gasteiger charge is 2.49. The van der Waals surface area contributed by atoms with Crippen LogP contribution in [-0.4, -0.2) is 39.1 Å². The molecule has 2 N–H and O–H groups in total. The summed E-state index contributed by atoms with van der Waals surface area (Å²) in [7, 11) is 1.71. The highest BCUT2D eigenvalue weighted by atomic mass is 35.5. The van der Waals surface area contributed by atoms with Crippen LogP contribution in [0.2, 0.25) is 0 Å². The second-order valence-corrected chi connectivity index (χ2v) is 7.59. The molecule has 0 amide bonds. The topological polar surface area (TPSA) is 53.7 Å². The molecule has 0 aromatic heterocycles. The first-order valence-electron chi connectivity index (χ1n) is 9.50. The summed E-state index contributed by atoms with van der Waals surface area (Å²) in [5, 5.41) is 0. The SMILES string of the molecule is COCCOC12CCC(c3ccc(OC/C(=C/F)CN)cc3)(CC1)CC2.Cl. The zero-order valence-corrected chi connectivity index (χ0v) is 16.9. The molecule has 1 aromatic rings. The molecule has 1 aromatic carbocycles. The van der Waals surface area contributed by atoms with Crippen LogP contribution in [-0.2, 0) is 14.9 Å². The maximum absolute atomic E-state index is 12.6. The van der Waals surface area contributed by atoms with Gasteiger partial charge in [-0.15, -0.1) is 12.4 Å². The number of hydrogen-bond acceptors (Lipinski definition) is 4. The van der Waals surface area contributed by atoms with Gasteiger partial charge in [-0.05, 0) is 61.6 Å². The van der Waals surface area contributed by atoms with E-state index in [2.05, 4.69) is 12.1 Å². The lowest BCUT2D eigenvalue weighted by Gasteiger charge is -2.53. The highest BCUT2D eigenvalue weighted by Crippen LogP contribution is 2.55. The first-order chi connectivity index (χ1) is 12.7. The molecule has 4 nitrogen and oxygen atoms in total. The summed E-state index contributed by atoms with van der Waals surface area (Å²) in [6.45, 7) is 1.72. The van der Waals surface area contributed by atoms with Gasteiger partial charge in [0.15, 0.2) is 0 Å². The van der Waals surface area contributed by atoms with E-state index in [1.165, 1.54) is 24.8 Å². The van der Waals surface area contributed by atoms with Crippen LogP contribution in [0.5, 0.6) is 5.75 Å². The number of fused-ring (bicyclic) bond motifs is 3. The lowest BCUT2D eigenvalue weighted by atomic mass is 9.56. The first-order valence-corrected chi connectivity index (χ1v) is 9.50. The van der Waals surface area contributed by atoms with Crippen molar-refractivity contribution in [2.75, 3.05) is 33.5 Å². The summed E-state index contributed by atoms with van der Waals surface area (Å²) in [4.78, 5) is 0. The molecule has 2 bridgehead atoms. The normalized spacial score (nSPS) is 27.3. The van der Waals surface area contributed by atoms with Crippen LogP contribution in [0.25, 0.3) is 0 Å². The summed E-state index contributed by atoms with van der Waals surface area (Å²) in [5.74, 6) is 0.752. The van der Waals surface area contributed by atoms with Crippen molar-refractivity contribution in [1.29, 1.82) is 0 Å². The minimum atomic E-state index is 0. The third kappa shape index (κ3) is 5.02. The summed E-state index contributed by atoms with van der Waals surface area (Å²) < 4.78 is 29.5. The summed E-state index contributed by atoms with van der Waals surface area (Å²) >= 11 is 0. The molecule has 4 rings (SSSR count). The Labute approximate surface area is 167 Å². The molecule has 152 valence electrons. The number of methoxy groups -OCH3 is 1. The second-order valence-electron chi connectivity index (χ2n) is 7.59. The maximum atomic E-state index is 12.6. The summed E-state index contributed by atoms with van der Waals surface area (Å²) in [6.07, 6.45) is 7.40.